The van der Waals surface area contributed by atoms with Crippen LogP contribution in [0, 0.1) is 5.92 Å². The highest BCUT2D eigenvalue weighted by Gasteiger charge is 2.33. The molecule has 1 aliphatic heterocycles. The molecule has 1 N–H and O–H groups in total. The van der Waals surface area contributed by atoms with Gasteiger partial charge >= 0.3 is 0 Å². The van der Waals surface area contributed by atoms with E-state index in [2.05, 4.69) is 26.1 Å². The van der Waals surface area contributed by atoms with Gasteiger partial charge in [0.1, 0.15) is 6.23 Å². The van der Waals surface area contributed by atoms with E-state index in [1.54, 1.807) is 7.11 Å². The van der Waals surface area contributed by atoms with E-state index >= 15 is 0 Å². The smallest absolute Gasteiger partial charge is 0.134 e. The second kappa shape index (κ2) is 4.94. The lowest BCUT2D eigenvalue weighted by molar-refractivity contribution is 0.0966. The maximum Gasteiger partial charge on any atom is 0.134 e. The molecule has 78 valence electrons. The van der Waals surface area contributed by atoms with Crippen molar-refractivity contribution in [3.8, 4) is 0 Å². The Morgan fingerprint density at radius 3 is 2.54 bits per heavy atom. The largest absolute Gasteiger partial charge is 0.382 e. The number of hydrogen-bond acceptors (Lipinski definition) is 3. The minimum atomic E-state index is 0.306. The number of methoxy groups -OCH3 is 1. The van der Waals surface area contributed by atoms with Crippen molar-refractivity contribution >= 4 is 0 Å². The monoisotopic (exact) mass is 187 g/mol. The van der Waals surface area contributed by atoms with Gasteiger partial charge in [-0.3, -0.25) is 5.32 Å². The van der Waals surface area contributed by atoms with E-state index in [1.807, 2.05) is 0 Å². The summed E-state index contributed by atoms with van der Waals surface area (Å²) in [4.78, 5) is 0. The van der Waals surface area contributed by atoms with Crippen LogP contribution < -0.4 is 5.32 Å². The third kappa shape index (κ3) is 4.07. The highest BCUT2D eigenvalue weighted by Crippen LogP contribution is 2.18. The van der Waals surface area contributed by atoms with Crippen molar-refractivity contribution in [3.63, 3.8) is 0 Å². The summed E-state index contributed by atoms with van der Waals surface area (Å²) in [6, 6.07) is 0. The molecule has 1 saturated heterocycles. The minimum Gasteiger partial charge on any atom is -0.382 e. The van der Waals surface area contributed by atoms with Crippen LogP contribution in [0.1, 0.15) is 27.2 Å². The Hall–Kier alpha value is -0.120. The van der Waals surface area contributed by atoms with Crippen molar-refractivity contribution in [3.05, 3.63) is 0 Å². The minimum absolute atomic E-state index is 0.306. The number of epoxide rings is 1. The Balaban J connectivity index is 2.00. The predicted molar refractivity (Wildman–Crippen MR) is 52.6 cm³/mol. The van der Waals surface area contributed by atoms with Gasteiger partial charge in [0, 0.05) is 13.7 Å². The summed E-state index contributed by atoms with van der Waals surface area (Å²) in [7, 11) is 1.76. The number of nitrogens with one attached hydrogen (secondary N) is 1. The van der Waals surface area contributed by atoms with E-state index in [-0.39, 0.29) is 0 Å². The first-order valence-corrected chi connectivity index (χ1v) is 5.05. The van der Waals surface area contributed by atoms with Crippen molar-refractivity contribution in [1.29, 1.82) is 0 Å². The Kier molecular flexibility index (Phi) is 4.16. The topological polar surface area (TPSA) is 33.8 Å². The van der Waals surface area contributed by atoms with Crippen molar-refractivity contribution in [2.45, 2.75) is 45.6 Å². The van der Waals surface area contributed by atoms with Gasteiger partial charge in [0.25, 0.3) is 0 Å². The summed E-state index contributed by atoms with van der Waals surface area (Å²) < 4.78 is 10.5. The molecule has 1 heterocycles. The molecule has 0 aromatic heterocycles. The van der Waals surface area contributed by atoms with Crippen LogP contribution in [0.4, 0.5) is 0 Å². The van der Waals surface area contributed by atoms with Gasteiger partial charge < -0.3 is 9.47 Å². The molecular formula is C10H21NO2. The molecule has 4 atom stereocenters. The van der Waals surface area contributed by atoms with Crippen LogP contribution >= 0.6 is 0 Å². The van der Waals surface area contributed by atoms with Crippen LogP contribution in [0.3, 0.4) is 0 Å². The molecule has 0 amide bonds. The van der Waals surface area contributed by atoms with Crippen molar-refractivity contribution < 1.29 is 9.47 Å². The molecule has 1 fully saturated rings. The van der Waals surface area contributed by atoms with E-state index < -0.39 is 0 Å². The Labute approximate surface area is 80.8 Å². The van der Waals surface area contributed by atoms with Gasteiger partial charge in [0.05, 0.1) is 12.2 Å². The lowest BCUT2D eigenvalue weighted by Gasteiger charge is -2.15. The highest BCUT2D eigenvalue weighted by atomic mass is 16.6. The molecule has 0 aromatic rings. The molecule has 1 aliphatic rings. The van der Waals surface area contributed by atoms with Gasteiger partial charge in [-0.15, -0.1) is 0 Å². The first-order valence-electron chi connectivity index (χ1n) is 5.05. The quantitative estimate of drug-likeness (QED) is 0.638. The molecule has 0 aliphatic carbocycles. The highest BCUT2D eigenvalue weighted by molar-refractivity contribution is 4.78. The van der Waals surface area contributed by atoms with Gasteiger partial charge in [-0.2, -0.15) is 0 Å². The molecular weight excluding hydrogens is 166 g/mol. The zero-order chi connectivity index (χ0) is 9.84. The average molecular weight is 187 g/mol. The van der Waals surface area contributed by atoms with Gasteiger partial charge in [-0.25, -0.2) is 0 Å². The Morgan fingerprint density at radius 1 is 1.46 bits per heavy atom. The van der Waals surface area contributed by atoms with Crippen LogP contribution in [0.2, 0.25) is 0 Å². The summed E-state index contributed by atoms with van der Waals surface area (Å²) in [5.41, 5.74) is 0. The fourth-order valence-electron chi connectivity index (χ4n) is 1.46. The molecule has 1 rings (SSSR count). The van der Waals surface area contributed by atoms with Gasteiger partial charge in [0.15, 0.2) is 0 Å². The van der Waals surface area contributed by atoms with Gasteiger partial charge in [-0.1, -0.05) is 6.92 Å². The lowest BCUT2D eigenvalue weighted by Crippen LogP contribution is -2.27. The second-order valence-corrected chi connectivity index (χ2v) is 4.06. The maximum absolute atomic E-state index is 5.26. The number of rotatable bonds is 6. The van der Waals surface area contributed by atoms with E-state index in [1.165, 1.54) is 0 Å². The zero-order valence-electron chi connectivity index (χ0n) is 9.04. The molecule has 3 heteroatoms. The normalized spacial score (nSPS) is 31.4. The second-order valence-electron chi connectivity index (χ2n) is 4.06. The molecule has 0 saturated carbocycles. The van der Waals surface area contributed by atoms with E-state index in [9.17, 15) is 0 Å². The molecule has 0 aromatic carbocycles. The standard InChI is InChI=1S/C10H21NO2/c1-7(5-8(2)12-4)6-11-10-9(3)13-10/h7-11H,5-6H2,1-4H3. The summed E-state index contributed by atoms with van der Waals surface area (Å²) in [5.74, 6) is 0.645. The third-order valence-electron chi connectivity index (χ3n) is 2.52. The first kappa shape index (κ1) is 11.0. The molecule has 3 nitrogen and oxygen atoms in total. The fourth-order valence-corrected chi connectivity index (χ4v) is 1.46. The Morgan fingerprint density at radius 2 is 2.08 bits per heavy atom. The summed E-state index contributed by atoms with van der Waals surface area (Å²) in [6.07, 6.45) is 2.17. The molecule has 0 radical (unpaired) electrons. The number of ether oxygens (including phenoxy) is 2. The van der Waals surface area contributed by atoms with Crippen LogP contribution in [-0.2, 0) is 9.47 Å². The Bertz CT molecular complexity index is 152. The van der Waals surface area contributed by atoms with Gasteiger partial charge in [0.2, 0.25) is 0 Å². The van der Waals surface area contributed by atoms with Crippen LogP contribution in [-0.4, -0.2) is 32.1 Å². The van der Waals surface area contributed by atoms with Crippen LogP contribution in [0.5, 0.6) is 0 Å². The predicted octanol–water partition coefficient (Wildman–Crippen LogP) is 1.38. The lowest BCUT2D eigenvalue weighted by atomic mass is 10.0. The van der Waals surface area contributed by atoms with Crippen molar-refractivity contribution in [1.82, 2.24) is 5.32 Å². The van der Waals surface area contributed by atoms with Crippen molar-refractivity contribution in [2.24, 2.45) is 5.92 Å². The van der Waals surface area contributed by atoms with Crippen LogP contribution in [0.15, 0.2) is 0 Å². The summed E-state index contributed by atoms with van der Waals surface area (Å²) in [6.45, 7) is 7.44. The molecule has 0 spiro atoms. The van der Waals surface area contributed by atoms with E-state index in [0.717, 1.165) is 13.0 Å². The summed E-state index contributed by atoms with van der Waals surface area (Å²) in [5, 5.41) is 3.36. The summed E-state index contributed by atoms with van der Waals surface area (Å²) >= 11 is 0. The zero-order valence-corrected chi connectivity index (χ0v) is 9.04. The first-order chi connectivity index (χ1) is 6.13. The third-order valence-corrected chi connectivity index (χ3v) is 2.52. The number of hydrogen-bond donors (Lipinski definition) is 1. The van der Waals surface area contributed by atoms with E-state index in [0.29, 0.717) is 24.4 Å². The average Bonchev–Trinajstić information content (AvgIpc) is 2.78. The SMILES string of the molecule is COC(C)CC(C)CNC1OC1C. The fraction of sp³-hybridized carbons (Fsp3) is 1.00. The van der Waals surface area contributed by atoms with Crippen molar-refractivity contribution in [2.75, 3.05) is 13.7 Å². The molecule has 4 unspecified atom stereocenters. The maximum atomic E-state index is 5.26. The van der Waals surface area contributed by atoms with Gasteiger partial charge in [-0.05, 0) is 26.2 Å². The molecule has 0 bridgehead atoms. The van der Waals surface area contributed by atoms with E-state index in [4.69, 9.17) is 9.47 Å². The van der Waals surface area contributed by atoms with Crippen LogP contribution in [0.25, 0.3) is 0 Å². The molecule has 13 heavy (non-hydrogen) atoms.